The van der Waals surface area contributed by atoms with Crippen molar-refractivity contribution in [3.8, 4) is 0 Å². The number of ether oxygens (including phenoxy) is 2. The minimum absolute atomic E-state index is 0.000934. The van der Waals surface area contributed by atoms with Crippen LogP contribution in [0.3, 0.4) is 0 Å². The van der Waals surface area contributed by atoms with Crippen LogP contribution < -0.4 is 10.7 Å². The van der Waals surface area contributed by atoms with E-state index in [4.69, 9.17) is 21.1 Å². The van der Waals surface area contributed by atoms with Crippen LogP contribution in [-0.2, 0) is 22.6 Å². The molecule has 3 aromatic rings. The molecule has 0 spiro atoms. The van der Waals surface area contributed by atoms with Crippen molar-refractivity contribution >= 4 is 28.4 Å². The molecule has 0 bridgehead atoms. The third-order valence-electron chi connectivity index (χ3n) is 6.03. The monoisotopic (exact) mass is 468 g/mol. The summed E-state index contributed by atoms with van der Waals surface area (Å²) in [5.41, 5.74) is 2.16. The standard InChI is InChI=1S/C24H25ClN4O4/c25-18-4-1-16(2-5-18)12-26-24(31)22-23(30)20-11-17(13-28-7-9-32-10-8-28)3-6-21(20)29(27-22)19-14-33-15-19/h1-6,11,19H,7-10,12-15H2,(H,26,31). The molecule has 3 heterocycles. The molecule has 2 aliphatic rings. The number of carbonyl (C=O) groups excluding carboxylic acids is 1. The van der Waals surface area contributed by atoms with Crippen molar-refractivity contribution in [2.45, 2.75) is 19.1 Å². The number of benzene rings is 2. The number of amides is 1. The zero-order valence-electron chi connectivity index (χ0n) is 18.1. The Hall–Kier alpha value is -2.78. The van der Waals surface area contributed by atoms with Crippen molar-refractivity contribution < 1.29 is 14.3 Å². The van der Waals surface area contributed by atoms with E-state index >= 15 is 0 Å². The summed E-state index contributed by atoms with van der Waals surface area (Å²) in [5.74, 6) is -0.496. The van der Waals surface area contributed by atoms with Gasteiger partial charge in [-0.15, -0.1) is 0 Å². The Morgan fingerprint density at radius 2 is 1.79 bits per heavy atom. The summed E-state index contributed by atoms with van der Waals surface area (Å²) in [6, 6.07) is 13.0. The number of nitrogens with one attached hydrogen (secondary N) is 1. The predicted octanol–water partition coefficient (Wildman–Crippen LogP) is 2.38. The summed E-state index contributed by atoms with van der Waals surface area (Å²) in [4.78, 5) is 28.6. The van der Waals surface area contributed by atoms with Crippen LogP contribution in [0.25, 0.3) is 10.9 Å². The molecule has 8 nitrogen and oxygen atoms in total. The molecule has 2 saturated heterocycles. The predicted molar refractivity (Wildman–Crippen MR) is 125 cm³/mol. The first-order valence-corrected chi connectivity index (χ1v) is 11.4. The number of aromatic nitrogens is 2. The zero-order chi connectivity index (χ0) is 22.8. The Morgan fingerprint density at radius 3 is 2.48 bits per heavy atom. The van der Waals surface area contributed by atoms with Crippen molar-refractivity contribution in [1.82, 2.24) is 20.0 Å². The number of carbonyl (C=O) groups is 1. The molecule has 33 heavy (non-hydrogen) atoms. The van der Waals surface area contributed by atoms with Crippen molar-refractivity contribution in [3.05, 3.63) is 74.5 Å². The quantitative estimate of drug-likeness (QED) is 0.598. The fourth-order valence-electron chi connectivity index (χ4n) is 4.07. The highest BCUT2D eigenvalue weighted by molar-refractivity contribution is 6.30. The number of hydrogen-bond acceptors (Lipinski definition) is 6. The minimum atomic E-state index is -0.496. The summed E-state index contributed by atoms with van der Waals surface area (Å²) in [6.07, 6.45) is 0. The summed E-state index contributed by atoms with van der Waals surface area (Å²) < 4.78 is 12.5. The van der Waals surface area contributed by atoms with E-state index in [-0.39, 0.29) is 23.7 Å². The van der Waals surface area contributed by atoms with Gasteiger partial charge in [-0.2, -0.15) is 5.10 Å². The van der Waals surface area contributed by atoms with Gasteiger partial charge in [0.15, 0.2) is 5.69 Å². The molecular weight excluding hydrogens is 444 g/mol. The molecule has 1 amide bonds. The van der Waals surface area contributed by atoms with Gasteiger partial charge in [0.05, 0.1) is 43.4 Å². The van der Waals surface area contributed by atoms with Gasteiger partial charge >= 0.3 is 0 Å². The third kappa shape index (κ3) is 4.79. The van der Waals surface area contributed by atoms with Crippen molar-refractivity contribution in [2.75, 3.05) is 39.5 Å². The Bertz CT molecular complexity index is 1220. The van der Waals surface area contributed by atoms with Gasteiger partial charge in [0.25, 0.3) is 5.91 Å². The minimum Gasteiger partial charge on any atom is -0.379 e. The lowest BCUT2D eigenvalue weighted by Crippen LogP contribution is -2.37. The fourth-order valence-corrected chi connectivity index (χ4v) is 4.20. The largest absolute Gasteiger partial charge is 0.379 e. The molecule has 9 heteroatoms. The molecule has 2 fully saturated rings. The van der Waals surface area contributed by atoms with Crippen molar-refractivity contribution in [3.63, 3.8) is 0 Å². The molecule has 1 N–H and O–H groups in total. The van der Waals surface area contributed by atoms with Gasteiger partial charge in [0.1, 0.15) is 0 Å². The lowest BCUT2D eigenvalue weighted by atomic mass is 10.1. The summed E-state index contributed by atoms with van der Waals surface area (Å²) in [7, 11) is 0. The van der Waals surface area contributed by atoms with Gasteiger partial charge in [0, 0.05) is 31.2 Å². The number of morpholine rings is 1. The highest BCUT2D eigenvalue weighted by Crippen LogP contribution is 2.23. The topological polar surface area (TPSA) is 85.7 Å². The van der Waals surface area contributed by atoms with E-state index in [1.54, 1.807) is 16.8 Å². The van der Waals surface area contributed by atoms with Crippen LogP contribution in [-0.4, -0.2) is 60.1 Å². The third-order valence-corrected chi connectivity index (χ3v) is 6.28. The smallest absolute Gasteiger partial charge is 0.276 e. The molecule has 0 aliphatic carbocycles. The maximum absolute atomic E-state index is 13.3. The van der Waals surface area contributed by atoms with E-state index in [2.05, 4.69) is 15.3 Å². The lowest BCUT2D eigenvalue weighted by molar-refractivity contribution is -0.0272. The SMILES string of the molecule is O=C(NCc1ccc(Cl)cc1)c1nn(C2COC2)c2ccc(CN3CCOCC3)cc2c1=O. The summed E-state index contributed by atoms with van der Waals surface area (Å²) >= 11 is 5.93. The molecule has 0 saturated carbocycles. The number of hydrogen-bond donors (Lipinski definition) is 1. The fraction of sp³-hybridized carbons (Fsp3) is 0.375. The second-order valence-electron chi connectivity index (χ2n) is 8.36. The lowest BCUT2D eigenvalue weighted by Gasteiger charge is -2.29. The highest BCUT2D eigenvalue weighted by Gasteiger charge is 2.26. The van der Waals surface area contributed by atoms with Crippen molar-refractivity contribution in [1.29, 1.82) is 0 Å². The van der Waals surface area contributed by atoms with Crippen LogP contribution in [0, 0.1) is 0 Å². The molecule has 0 atom stereocenters. The highest BCUT2D eigenvalue weighted by atomic mass is 35.5. The Morgan fingerprint density at radius 1 is 1.06 bits per heavy atom. The van der Waals surface area contributed by atoms with Crippen LogP contribution in [0.5, 0.6) is 0 Å². The number of nitrogens with zero attached hydrogens (tertiary/aromatic N) is 3. The maximum Gasteiger partial charge on any atom is 0.276 e. The van der Waals surface area contributed by atoms with E-state index in [0.29, 0.717) is 42.4 Å². The molecular formula is C24H25ClN4O4. The van der Waals surface area contributed by atoms with Crippen LogP contribution in [0.1, 0.15) is 27.7 Å². The maximum atomic E-state index is 13.3. The van der Waals surface area contributed by atoms with Crippen molar-refractivity contribution in [2.24, 2.45) is 0 Å². The average Bonchev–Trinajstić information content (AvgIpc) is 2.80. The molecule has 172 valence electrons. The normalized spacial score (nSPS) is 17.1. The van der Waals surface area contributed by atoms with E-state index in [1.807, 2.05) is 30.3 Å². The Labute approximate surface area is 196 Å². The summed E-state index contributed by atoms with van der Waals surface area (Å²) in [6.45, 7) is 5.16. The molecule has 0 radical (unpaired) electrons. The molecule has 0 unspecified atom stereocenters. The second kappa shape index (κ2) is 9.61. The van der Waals surface area contributed by atoms with E-state index in [0.717, 1.165) is 30.8 Å². The van der Waals surface area contributed by atoms with Gasteiger partial charge in [-0.3, -0.25) is 19.2 Å². The Kier molecular flexibility index (Phi) is 6.41. The zero-order valence-corrected chi connectivity index (χ0v) is 18.9. The van der Waals surface area contributed by atoms with Gasteiger partial charge in [-0.1, -0.05) is 29.8 Å². The van der Waals surface area contributed by atoms with Gasteiger partial charge in [0.2, 0.25) is 5.43 Å². The van der Waals surface area contributed by atoms with Gasteiger partial charge in [-0.25, -0.2) is 0 Å². The molecule has 2 aliphatic heterocycles. The first-order chi connectivity index (χ1) is 16.1. The molecule has 2 aromatic carbocycles. The first-order valence-electron chi connectivity index (χ1n) is 11.0. The van der Waals surface area contributed by atoms with Crippen LogP contribution in [0.15, 0.2) is 47.3 Å². The van der Waals surface area contributed by atoms with Gasteiger partial charge in [-0.05, 0) is 35.4 Å². The average molecular weight is 469 g/mol. The number of halogens is 1. The van der Waals surface area contributed by atoms with Crippen LogP contribution in [0.4, 0.5) is 0 Å². The van der Waals surface area contributed by atoms with E-state index in [1.165, 1.54) is 0 Å². The van der Waals surface area contributed by atoms with E-state index in [9.17, 15) is 9.59 Å². The van der Waals surface area contributed by atoms with E-state index < -0.39 is 5.91 Å². The molecule has 1 aromatic heterocycles. The van der Waals surface area contributed by atoms with Crippen LogP contribution in [0.2, 0.25) is 5.02 Å². The molecule has 5 rings (SSSR count). The van der Waals surface area contributed by atoms with Gasteiger partial charge < -0.3 is 14.8 Å². The number of rotatable bonds is 6. The first kappa shape index (κ1) is 22.0. The number of fused-ring (bicyclic) bond motifs is 1. The van der Waals surface area contributed by atoms with Crippen LogP contribution >= 0.6 is 11.6 Å². The Balaban J connectivity index is 1.46. The second-order valence-corrected chi connectivity index (χ2v) is 8.80. The summed E-state index contributed by atoms with van der Waals surface area (Å²) in [5, 5.41) is 8.39.